The highest BCUT2D eigenvalue weighted by Gasteiger charge is 2.15. The van der Waals surface area contributed by atoms with Gasteiger partial charge in [0.15, 0.2) is 5.78 Å². The lowest BCUT2D eigenvalue weighted by atomic mass is 10.1. The molecular weight excluding hydrogens is 266 g/mol. The van der Waals surface area contributed by atoms with Gasteiger partial charge in [0.1, 0.15) is 0 Å². The smallest absolute Gasteiger partial charge is 0.175 e. The summed E-state index contributed by atoms with van der Waals surface area (Å²) in [5, 5.41) is 8.67. The predicted molar refractivity (Wildman–Crippen MR) is 82.7 cm³/mol. The largest absolute Gasteiger partial charge is 0.293 e. The lowest BCUT2D eigenvalue weighted by Gasteiger charge is -2.10. The fourth-order valence-corrected chi connectivity index (χ4v) is 2.73. The number of benzene rings is 2. The summed E-state index contributed by atoms with van der Waals surface area (Å²) in [6.45, 7) is 1.93. The third-order valence-electron chi connectivity index (χ3n) is 3.01. The second-order valence-electron chi connectivity index (χ2n) is 4.49. The Hall–Kier alpha value is -2.05. The molecule has 0 aliphatic heterocycles. The van der Waals surface area contributed by atoms with Gasteiger partial charge in [-0.25, -0.2) is 0 Å². The average Bonchev–Trinajstić information content (AvgIpc) is 2.53. The highest BCUT2D eigenvalue weighted by Crippen LogP contribution is 2.21. The van der Waals surface area contributed by atoms with Gasteiger partial charge in [0.2, 0.25) is 0 Å². The maximum absolute atomic E-state index is 12.2. The molecule has 1 atom stereocenters. The van der Waals surface area contributed by atoms with Crippen LogP contribution in [0.4, 0.5) is 0 Å². The van der Waals surface area contributed by atoms with Gasteiger partial charge in [0.25, 0.3) is 0 Å². The lowest BCUT2D eigenvalue weighted by Crippen LogP contribution is -2.13. The van der Waals surface area contributed by atoms with Crippen LogP contribution in [0.1, 0.15) is 28.4 Å². The van der Waals surface area contributed by atoms with Gasteiger partial charge >= 0.3 is 0 Å². The van der Waals surface area contributed by atoms with Crippen LogP contribution in [0, 0.1) is 11.3 Å². The van der Waals surface area contributed by atoms with Crippen molar-refractivity contribution in [2.45, 2.75) is 17.9 Å². The van der Waals surface area contributed by atoms with Crippen LogP contribution in [-0.2, 0) is 5.75 Å². The predicted octanol–water partition coefficient (Wildman–Crippen LogP) is 4.06. The number of hydrogen-bond acceptors (Lipinski definition) is 3. The Balaban J connectivity index is 1.93. The molecule has 0 spiro atoms. The molecule has 1 unspecified atom stereocenters. The minimum Gasteiger partial charge on any atom is -0.293 e. The fourth-order valence-electron chi connectivity index (χ4n) is 1.81. The van der Waals surface area contributed by atoms with E-state index in [0.717, 1.165) is 16.9 Å². The number of Topliss-reactive ketones (excluding diaryl/α,β-unsaturated/α-hetero) is 1. The standard InChI is InChI=1S/C17H15NOS/c1-13(17(19)16-5-3-2-4-6-16)20-12-15-9-7-14(11-18)8-10-15/h2-10,13H,12H2,1H3. The van der Waals surface area contributed by atoms with Crippen molar-refractivity contribution in [1.82, 2.24) is 0 Å². The first-order valence-corrected chi connectivity index (χ1v) is 7.45. The summed E-state index contributed by atoms with van der Waals surface area (Å²) in [5.74, 6) is 0.926. The van der Waals surface area contributed by atoms with Gasteiger partial charge in [-0.2, -0.15) is 5.26 Å². The third-order valence-corrected chi connectivity index (χ3v) is 4.22. The Bertz CT molecular complexity index is 614. The molecule has 0 aliphatic carbocycles. The van der Waals surface area contributed by atoms with E-state index >= 15 is 0 Å². The van der Waals surface area contributed by atoms with Gasteiger partial charge in [-0.05, 0) is 24.6 Å². The molecule has 0 heterocycles. The van der Waals surface area contributed by atoms with Gasteiger partial charge in [-0.15, -0.1) is 11.8 Å². The van der Waals surface area contributed by atoms with Gasteiger partial charge in [0, 0.05) is 11.3 Å². The van der Waals surface area contributed by atoms with Crippen molar-refractivity contribution in [1.29, 1.82) is 5.26 Å². The Kier molecular flexibility index (Phi) is 4.97. The number of carbonyl (C=O) groups is 1. The molecule has 2 aromatic rings. The molecule has 0 fully saturated rings. The molecule has 0 amide bonds. The fraction of sp³-hybridized carbons (Fsp3) is 0.176. The Morgan fingerprint density at radius 2 is 1.80 bits per heavy atom. The van der Waals surface area contributed by atoms with Crippen LogP contribution in [-0.4, -0.2) is 11.0 Å². The number of hydrogen-bond donors (Lipinski definition) is 0. The van der Waals surface area contributed by atoms with Crippen molar-refractivity contribution >= 4 is 17.5 Å². The minimum atomic E-state index is -0.0759. The number of nitriles is 1. The maximum atomic E-state index is 12.2. The Morgan fingerprint density at radius 3 is 2.40 bits per heavy atom. The number of rotatable bonds is 5. The zero-order valence-electron chi connectivity index (χ0n) is 11.2. The zero-order chi connectivity index (χ0) is 14.4. The highest BCUT2D eigenvalue weighted by atomic mass is 32.2. The summed E-state index contributed by atoms with van der Waals surface area (Å²) in [4.78, 5) is 12.2. The number of ketones is 1. The summed E-state index contributed by atoms with van der Waals surface area (Å²) in [6, 6.07) is 18.9. The van der Waals surface area contributed by atoms with Crippen LogP contribution in [0.15, 0.2) is 54.6 Å². The number of nitrogens with zero attached hydrogens (tertiary/aromatic N) is 1. The summed E-state index contributed by atoms with van der Waals surface area (Å²) < 4.78 is 0. The molecule has 2 aromatic carbocycles. The zero-order valence-corrected chi connectivity index (χ0v) is 12.1. The third kappa shape index (κ3) is 3.72. The van der Waals surface area contributed by atoms with Crippen molar-refractivity contribution in [3.63, 3.8) is 0 Å². The topological polar surface area (TPSA) is 40.9 Å². The van der Waals surface area contributed by atoms with Gasteiger partial charge in [-0.3, -0.25) is 4.79 Å². The van der Waals surface area contributed by atoms with Crippen molar-refractivity contribution in [2.24, 2.45) is 0 Å². The van der Waals surface area contributed by atoms with E-state index in [4.69, 9.17) is 5.26 Å². The van der Waals surface area contributed by atoms with Crippen LogP contribution in [0.25, 0.3) is 0 Å². The second kappa shape index (κ2) is 6.93. The van der Waals surface area contributed by atoms with E-state index in [9.17, 15) is 4.79 Å². The van der Waals surface area contributed by atoms with Crippen molar-refractivity contribution in [3.8, 4) is 6.07 Å². The van der Waals surface area contributed by atoms with Crippen LogP contribution >= 0.6 is 11.8 Å². The van der Waals surface area contributed by atoms with Crippen molar-refractivity contribution in [3.05, 3.63) is 71.3 Å². The molecule has 0 saturated heterocycles. The van der Waals surface area contributed by atoms with E-state index in [2.05, 4.69) is 6.07 Å². The molecule has 0 saturated carbocycles. The molecular formula is C17H15NOS. The lowest BCUT2D eigenvalue weighted by molar-refractivity contribution is 0.0994. The summed E-state index contributed by atoms with van der Waals surface area (Å²) >= 11 is 1.61. The summed E-state index contributed by atoms with van der Waals surface area (Å²) in [7, 11) is 0. The van der Waals surface area contributed by atoms with Crippen molar-refractivity contribution in [2.75, 3.05) is 0 Å². The first-order chi connectivity index (χ1) is 9.70. The maximum Gasteiger partial charge on any atom is 0.175 e. The second-order valence-corrected chi connectivity index (χ2v) is 5.82. The first kappa shape index (κ1) is 14.4. The molecule has 0 aromatic heterocycles. The minimum absolute atomic E-state index is 0.0759. The van der Waals surface area contributed by atoms with E-state index in [-0.39, 0.29) is 11.0 Å². The quantitative estimate of drug-likeness (QED) is 0.776. The van der Waals surface area contributed by atoms with Gasteiger partial charge in [-0.1, -0.05) is 42.5 Å². The molecule has 2 rings (SSSR count). The van der Waals surface area contributed by atoms with E-state index in [0.29, 0.717) is 5.56 Å². The van der Waals surface area contributed by atoms with E-state index < -0.39 is 0 Å². The summed E-state index contributed by atoms with van der Waals surface area (Å²) in [5.41, 5.74) is 2.54. The van der Waals surface area contributed by atoms with Crippen molar-refractivity contribution < 1.29 is 4.79 Å². The molecule has 0 radical (unpaired) electrons. The molecule has 0 N–H and O–H groups in total. The molecule has 0 bridgehead atoms. The molecule has 2 nitrogen and oxygen atoms in total. The first-order valence-electron chi connectivity index (χ1n) is 6.40. The highest BCUT2D eigenvalue weighted by molar-refractivity contribution is 7.99. The molecule has 3 heteroatoms. The number of thioether (sulfide) groups is 1. The van der Waals surface area contributed by atoms with Crippen LogP contribution < -0.4 is 0 Å². The van der Waals surface area contributed by atoms with E-state index in [1.165, 1.54) is 0 Å². The normalized spacial score (nSPS) is 11.6. The van der Waals surface area contributed by atoms with E-state index in [1.54, 1.807) is 23.9 Å². The molecule has 100 valence electrons. The number of carbonyl (C=O) groups excluding carboxylic acids is 1. The van der Waals surface area contributed by atoms with E-state index in [1.807, 2.05) is 49.4 Å². The average molecular weight is 281 g/mol. The molecule has 20 heavy (non-hydrogen) atoms. The monoisotopic (exact) mass is 281 g/mol. The Morgan fingerprint density at radius 1 is 1.15 bits per heavy atom. The summed E-state index contributed by atoms with van der Waals surface area (Å²) in [6.07, 6.45) is 0. The van der Waals surface area contributed by atoms with Gasteiger partial charge in [0.05, 0.1) is 16.9 Å². The van der Waals surface area contributed by atoms with Gasteiger partial charge < -0.3 is 0 Å². The SMILES string of the molecule is CC(SCc1ccc(C#N)cc1)C(=O)c1ccccc1. The van der Waals surface area contributed by atoms with Crippen LogP contribution in [0.3, 0.4) is 0 Å². The Labute approximate surface area is 123 Å². The van der Waals surface area contributed by atoms with Crippen LogP contribution in [0.5, 0.6) is 0 Å². The van der Waals surface area contributed by atoms with Crippen LogP contribution in [0.2, 0.25) is 0 Å². The molecule has 0 aliphatic rings.